The van der Waals surface area contributed by atoms with Gasteiger partial charge in [0.2, 0.25) is 0 Å². The van der Waals surface area contributed by atoms with Crippen LogP contribution in [0.25, 0.3) is 0 Å². The number of esters is 1. The van der Waals surface area contributed by atoms with Crippen molar-refractivity contribution in [1.82, 2.24) is 10.2 Å². The van der Waals surface area contributed by atoms with Crippen LogP contribution in [0.5, 0.6) is 0 Å². The number of rotatable bonds is 5. The molecule has 2 fully saturated rings. The number of ether oxygens (including phenoxy) is 1. The van der Waals surface area contributed by atoms with E-state index in [2.05, 4.69) is 30.4 Å². The van der Waals surface area contributed by atoms with Crippen LogP contribution in [0.3, 0.4) is 0 Å². The minimum absolute atomic E-state index is 0.0425. The van der Waals surface area contributed by atoms with Gasteiger partial charge in [0.25, 0.3) is 0 Å². The summed E-state index contributed by atoms with van der Waals surface area (Å²) < 4.78 is 5.13. The fourth-order valence-electron chi connectivity index (χ4n) is 4.49. The van der Waals surface area contributed by atoms with Crippen molar-refractivity contribution < 1.29 is 14.3 Å². The van der Waals surface area contributed by atoms with E-state index >= 15 is 0 Å². The van der Waals surface area contributed by atoms with Crippen molar-refractivity contribution in [2.75, 3.05) is 19.7 Å². The molecule has 1 aromatic carbocycles. The van der Waals surface area contributed by atoms with Crippen molar-refractivity contribution in [3.63, 3.8) is 0 Å². The lowest BCUT2D eigenvalue weighted by Gasteiger charge is -2.30. The van der Waals surface area contributed by atoms with Gasteiger partial charge >= 0.3 is 12.0 Å². The number of carbonyl (C=O) groups excluding carboxylic acids is 2. The molecule has 1 N–H and O–H groups in total. The number of hydrogen-bond donors (Lipinski definition) is 1. The van der Waals surface area contributed by atoms with Crippen LogP contribution < -0.4 is 5.32 Å². The largest absolute Gasteiger partial charge is 0.466 e. The average Bonchev–Trinajstić information content (AvgIpc) is 3.17. The Morgan fingerprint density at radius 3 is 2.59 bits per heavy atom. The van der Waals surface area contributed by atoms with E-state index in [1.54, 1.807) is 0 Å². The molecule has 5 heteroatoms. The van der Waals surface area contributed by atoms with E-state index < -0.39 is 0 Å². The summed E-state index contributed by atoms with van der Waals surface area (Å²) in [5.74, 6) is 0.443. The first-order valence-electron chi connectivity index (χ1n) is 10.4. The van der Waals surface area contributed by atoms with E-state index in [-0.39, 0.29) is 24.0 Å². The number of aryl methyl sites for hydroxylation is 1. The summed E-state index contributed by atoms with van der Waals surface area (Å²) in [4.78, 5) is 26.6. The minimum Gasteiger partial charge on any atom is -0.466 e. The molecule has 1 aromatic rings. The van der Waals surface area contributed by atoms with Gasteiger partial charge in [-0.15, -0.1) is 0 Å². The first-order valence-corrected chi connectivity index (χ1v) is 10.4. The molecular formula is C22H32N2O3. The summed E-state index contributed by atoms with van der Waals surface area (Å²) in [6, 6.07) is 8.59. The minimum atomic E-state index is -0.0573. The van der Waals surface area contributed by atoms with Crippen molar-refractivity contribution in [1.29, 1.82) is 0 Å². The van der Waals surface area contributed by atoms with Gasteiger partial charge in [0.15, 0.2) is 0 Å². The van der Waals surface area contributed by atoms with E-state index in [1.807, 2.05) is 17.9 Å². The van der Waals surface area contributed by atoms with Gasteiger partial charge in [-0.2, -0.15) is 0 Å². The number of benzene rings is 1. The molecule has 148 valence electrons. The maximum absolute atomic E-state index is 12.8. The van der Waals surface area contributed by atoms with Gasteiger partial charge in [-0.3, -0.25) is 4.79 Å². The van der Waals surface area contributed by atoms with Gasteiger partial charge in [0.05, 0.1) is 18.6 Å². The Hall–Kier alpha value is -2.04. The van der Waals surface area contributed by atoms with E-state index in [1.165, 1.54) is 11.1 Å². The van der Waals surface area contributed by atoms with Crippen LogP contribution in [0.2, 0.25) is 0 Å². The van der Waals surface area contributed by atoms with Crippen LogP contribution in [0, 0.1) is 18.8 Å². The molecule has 1 aliphatic carbocycles. The summed E-state index contributed by atoms with van der Waals surface area (Å²) >= 11 is 0. The lowest BCUT2D eigenvalue weighted by atomic mass is 9.82. The first kappa shape index (κ1) is 19.7. The zero-order chi connectivity index (χ0) is 19.2. The third kappa shape index (κ3) is 4.82. The summed E-state index contributed by atoms with van der Waals surface area (Å²) in [6.07, 6.45) is 5.78. The van der Waals surface area contributed by atoms with Crippen LogP contribution in [0.1, 0.15) is 62.6 Å². The van der Waals surface area contributed by atoms with E-state index in [4.69, 9.17) is 4.74 Å². The van der Waals surface area contributed by atoms with E-state index in [9.17, 15) is 9.59 Å². The number of nitrogens with one attached hydrogen (secondary N) is 1. The van der Waals surface area contributed by atoms with Crippen molar-refractivity contribution >= 4 is 12.0 Å². The van der Waals surface area contributed by atoms with Gasteiger partial charge in [-0.05, 0) is 69.4 Å². The molecule has 1 saturated heterocycles. The summed E-state index contributed by atoms with van der Waals surface area (Å²) in [5, 5.41) is 3.15. The van der Waals surface area contributed by atoms with Crippen molar-refractivity contribution in [2.24, 2.45) is 11.8 Å². The highest BCUT2D eigenvalue weighted by molar-refractivity contribution is 5.75. The summed E-state index contributed by atoms with van der Waals surface area (Å²) in [7, 11) is 0. The van der Waals surface area contributed by atoms with E-state index in [0.29, 0.717) is 19.1 Å². The van der Waals surface area contributed by atoms with Gasteiger partial charge < -0.3 is 15.0 Å². The van der Waals surface area contributed by atoms with Crippen LogP contribution >= 0.6 is 0 Å². The first-order chi connectivity index (χ1) is 13.1. The molecule has 0 aromatic heterocycles. The quantitative estimate of drug-likeness (QED) is 0.788. The second-order valence-electron chi connectivity index (χ2n) is 7.86. The zero-order valence-corrected chi connectivity index (χ0v) is 16.6. The Kier molecular flexibility index (Phi) is 6.75. The van der Waals surface area contributed by atoms with E-state index in [0.717, 1.165) is 45.1 Å². The second-order valence-corrected chi connectivity index (χ2v) is 7.86. The topological polar surface area (TPSA) is 58.6 Å². The van der Waals surface area contributed by atoms with Crippen molar-refractivity contribution in [2.45, 2.75) is 58.4 Å². The van der Waals surface area contributed by atoms with Crippen LogP contribution in [0.15, 0.2) is 24.3 Å². The second kappa shape index (κ2) is 9.25. The van der Waals surface area contributed by atoms with Crippen LogP contribution in [0.4, 0.5) is 4.79 Å². The summed E-state index contributed by atoms with van der Waals surface area (Å²) in [6.45, 7) is 5.94. The highest BCUT2D eigenvalue weighted by Gasteiger charge is 2.32. The highest BCUT2D eigenvalue weighted by Crippen LogP contribution is 2.34. The molecule has 0 radical (unpaired) electrons. The molecular weight excluding hydrogens is 340 g/mol. The lowest BCUT2D eigenvalue weighted by Crippen LogP contribution is -2.42. The maximum Gasteiger partial charge on any atom is 0.317 e. The van der Waals surface area contributed by atoms with Crippen molar-refractivity contribution in [3.8, 4) is 0 Å². The number of amides is 2. The number of urea groups is 1. The zero-order valence-electron chi connectivity index (χ0n) is 16.6. The lowest BCUT2D eigenvalue weighted by molar-refractivity contribution is -0.149. The molecule has 0 bridgehead atoms. The molecule has 27 heavy (non-hydrogen) atoms. The predicted octanol–water partition coefficient (Wildman–Crippen LogP) is 4.21. The third-order valence-electron chi connectivity index (χ3n) is 6.07. The fraction of sp³-hybridized carbons (Fsp3) is 0.636. The fourth-order valence-corrected chi connectivity index (χ4v) is 4.49. The number of hydrogen-bond acceptors (Lipinski definition) is 3. The van der Waals surface area contributed by atoms with Gasteiger partial charge in [0.1, 0.15) is 0 Å². The number of carbonyl (C=O) groups is 2. The Morgan fingerprint density at radius 1 is 1.15 bits per heavy atom. The molecule has 3 rings (SSSR count). The summed E-state index contributed by atoms with van der Waals surface area (Å²) in [5.41, 5.74) is 2.51. The van der Waals surface area contributed by atoms with Gasteiger partial charge in [0, 0.05) is 13.1 Å². The molecule has 1 unspecified atom stereocenters. The molecule has 5 nitrogen and oxygen atoms in total. The van der Waals surface area contributed by atoms with Gasteiger partial charge in [-0.1, -0.05) is 24.3 Å². The molecule has 1 saturated carbocycles. The molecule has 1 atom stereocenters. The highest BCUT2D eigenvalue weighted by atomic mass is 16.5. The molecule has 2 aliphatic rings. The normalized spacial score (nSPS) is 25.3. The molecule has 1 aliphatic heterocycles. The third-order valence-corrected chi connectivity index (χ3v) is 6.07. The van der Waals surface area contributed by atoms with Crippen molar-refractivity contribution in [3.05, 3.63) is 35.4 Å². The standard InChI is InChI=1S/C22H32N2O3/c1-3-27-21(25)18-12-10-17(11-13-18)15-23-22(26)24-14-6-9-20(24)19-8-5-4-7-16(19)2/h4-5,7-8,17-18,20H,3,6,9-15H2,1-2H3,(H,23,26). The predicted molar refractivity (Wildman–Crippen MR) is 105 cm³/mol. The van der Waals surface area contributed by atoms with Crippen LogP contribution in [-0.4, -0.2) is 36.6 Å². The Morgan fingerprint density at radius 2 is 1.89 bits per heavy atom. The monoisotopic (exact) mass is 372 g/mol. The van der Waals surface area contributed by atoms with Gasteiger partial charge in [-0.25, -0.2) is 4.79 Å². The average molecular weight is 373 g/mol. The Balaban J connectivity index is 1.48. The van der Waals surface area contributed by atoms with Crippen LogP contribution in [-0.2, 0) is 9.53 Å². The maximum atomic E-state index is 12.8. The molecule has 1 heterocycles. The number of likely N-dealkylation sites (tertiary alicyclic amines) is 1. The Bertz CT molecular complexity index is 653. The number of nitrogens with zero attached hydrogens (tertiary/aromatic N) is 1. The molecule has 2 amide bonds. The smallest absolute Gasteiger partial charge is 0.317 e. The Labute approximate surface area is 162 Å². The SMILES string of the molecule is CCOC(=O)C1CCC(CNC(=O)N2CCCC2c2ccccc2C)CC1. The molecule has 0 spiro atoms.